The van der Waals surface area contributed by atoms with Crippen LogP contribution in [0, 0.1) is 0 Å². The summed E-state index contributed by atoms with van der Waals surface area (Å²) in [5, 5.41) is 0. The van der Waals surface area contributed by atoms with Gasteiger partial charge in [-0.25, -0.2) is 0 Å². The molecule has 0 bridgehead atoms. The van der Waals surface area contributed by atoms with Crippen LogP contribution in [0.25, 0.3) is 11.5 Å². The van der Waals surface area contributed by atoms with E-state index >= 15 is 0 Å². The van der Waals surface area contributed by atoms with Gasteiger partial charge in [0.1, 0.15) is 11.5 Å². The summed E-state index contributed by atoms with van der Waals surface area (Å²) in [4.78, 5) is 0. The fraction of sp³-hybridized carbons (Fsp3) is 0.389. The van der Waals surface area contributed by atoms with Crippen LogP contribution >= 0.6 is 0 Å². The highest BCUT2D eigenvalue weighted by atomic mass is 16.5. The number of hydrogen-bond donors (Lipinski definition) is 0. The molecule has 0 aromatic heterocycles. The van der Waals surface area contributed by atoms with Crippen molar-refractivity contribution in [2.45, 2.75) is 53.4 Å². The number of rotatable bonds is 14. The summed E-state index contributed by atoms with van der Waals surface area (Å²) < 4.78 is 37.3. The zero-order chi connectivity index (χ0) is 29.6. The molecule has 6 nitrogen and oxygen atoms in total. The Labute approximate surface area is 249 Å². The van der Waals surface area contributed by atoms with Crippen LogP contribution in [0.5, 0.6) is 11.5 Å². The second-order valence-corrected chi connectivity index (χ2v) is 9.96. The maximum Gasteiger partial charge on any atom is 0.169 e. The molecule has 2 aliphatic carbocycles. The summed E-state index contributed by atoms with van der Waals surface area (Å²) in [7, 11) is 0. The second-order valence-electron chi connectivity index (χ2n) is 9.96. The van der Waals surface area contributed by atoms with Gasteiger partial charge in [-0.05, 0) is 75.9 Å². The largest absolute Gasteiger partial charge is 0.493 e. The van der Waals surface area contributed by atoms with E-state index in [4.69, 9.17) is 28.4 Å². The third kappa shape index (κ3) is 5.19. The van der Waals surface area contributed by atoms with Gasteiger partial charge in [0.15, 0.2) is 23.0 Å². The number of hydrogen-bond acceptors (Lipinski definition) is 6. The Morgan fingerprint density at radius 1 is 0.452 bits per heavy atom. The van der Waals surface area contributed by atoms with Gasteiger partial charge >= 0.3 is 0 Å². The minimum Gasteiger partial charge on any atom is -0.493 e. The van der Waals surface area contributed by atoms with Gasteiger partial charge in [-0.15, -0.1) is 0 Å². The molecule has 222 valence electrons. The molecule has 0 heterocycles. The van der Waals surface area contributed by atoms with E-state index in [0.717, 1.165) is 67.9 Å². The van der Waals surface area contributed by atoms with Crippen molar-refractivity contribution in [1.29, 1.82) is 0 Å². The van der Waals surface area contributed by atoms with Crippen molar-refractivity contribution < 1.29 is 28.4 Å². The molecule has 3 aromatic rings. The van der Waals surface area contributed by atoms with Crippen LogP contribution in [-0.4, -0.2) is 39.6 Å². The van der Waals surface area contributed by atoms with Gasteiger partial charge in [-0.1, -0.05) is 48.5 Å². The average molecular weight is 571 g/mol. The number of fused-ring (bicyclic) bond motifs is 2. The molecular formula is C36H42O6. The predicted octanol–water partition coefficient (Wildman–Crippen LogP) is 8.26. The Bertz CT molecular complexity index is 1360. The first-order chi connectivity index (χ1) is 20.6. The van der Waals surface area contributed by atoms with E-state index in [9.17, 15) is 0 Å². The summed E-state index contributed by atoms with van der Waals surface area (Å²) in [5.41, 5.74) is 6.41. The SMILES string of the molecule is CCOC1=C(OCC)C(c2cccc(C3C(OCC)=C(OCC)c4c(OCC)cccc43)c2)c2cccc(OCC)c21. The molecule has 5 rings (SSSR count). The Morgan fingerprint density at radius 3 is 1.21 bits per heavy atom. The Morgan fingerprint density at radius 2 is 0.833 bits per heavy atom. The van der Waals surface area contributed by atoms with E-state index in [1.54, 1.807) is 0 Å². The smallest absolute Gasteiger partial charge is 0.169 e. The second kappa shape index (κ2) is 13.3. The van der Waals surface area contributed by atoms with Crippen LogP contribution < -0.4 is 9.47 Å². The maximum absolute atomic E-state index is 6.35. The van der Waals surface area contributed by atoms with Crippen molar-refractivity contribution in [3.05, 3.63) is 106 Å². The highest BCUT2D eigenvalue weighted by Crippen LogP contribution is 2.53. The molecule has 0 radical (unpaired) electrons. The lowest BCUT2D eigenvalue weighted by molar-refractivity contribution is 0.197. The molecule has 2 aliphatic rings. The third-order valence-corrected chi connectivity index (χ3v) is 7.52. The summed E-state index contributed by atoms with van der Waals surface area (Å²) in [6, 6.07) is 21.1. The Balaban J connectivity index is 1.68. The van der Waals surface area contributed by atoms with E-state index in [0.29, 0.717) is 39.6 Å². The molecule has 0 saturated carbocycles. The number of benzene rings is 3. The minimum atomic E-state index is -0.136. The molecule has 0 spiro atoms. The first-order valence-corrected chi connectivity index (χ1v) is 15.2. The minimum absolute atomic E-state index is 0.136. The van der Waals surface area contributed by atoms with Gasteiger partial charge in [0.25, 0.3) is 0 Å². The maximum atomic E-state index is 6.35. The summed E-state index contributed by atoms with van der Waals surface area (Å²) in [6.45, 7) is 15.3. The van der Waals surface area contributed by atoms with Gasteiger partial charge in [0.2, 0.25) is 0 Å². The highest BCUT2D eigenvalue weighted by Gasteiger charge is 2.40. The van der Waals surface area contributed by atoms with Crippen LogP contribution in [-0.2, 0) is 18.9 Å². The van der Waals surface area contributed by atoms with E-state index in [1.807, 2.05) is 65.8 Å². The molecule has 0 amide bonds. The number of allylic oxidation sites excluding steroid dienone is 2. The van der Waals surface area contributed by atoms with E-state index in [-0.39, 0.29) is 11.8 Å². The van der Waals surface area contributed by atoms with Gasteiger partial charge in [-0.3, -0.25) is 0 Å². The van der Waals surface area contributed by atoms with Crippen LogP contribution in [0.4, 0.5) is 0 Å². The number of ether oxygens (including phenoxy) is 6. The zero-order valence-corrected chi connectivity index (χ0v) is 25.6. The normalized spacial score (nSPS) is 17.2. The quantitative estimate of drug-likeness (QED) is 0.194. The van der Waals surface area contributed by atoms with Gasteiger partial charge < -0.3 is 28.4 Å². The first-order valence-electron chi connectivity index (χ1n) is 15.2. The van der Waals surface area contributed by atoms with Crippen LogP contribution in [0.1, 0.15) is 86.8 Å². The van der Waals surface area contributed by atoms with Gasteiger partial charge in [-0.2, -0.15) is 0 Å². The molecule has 6 heteroatoms. The topological polar surface area (TPSA) is 55.4 Å². The standard InChI is InChI=1S/C36H42O6/c1-7-37-27-20-14-18-25-29(33(39-9-3)35(31(25)27)41-11-5)23-16-13-17-24(22-23)30-26-19-15-21-28(38-8-2)32(26)36(42-12-6)34(30)40-10-4/h13-22,29-30H,7-12H2,1-6H3. The molecule has 2 atom stereocenters. The van der Waals surface area contributed by atoms with Gasteiger partial charge in [0.05, 0.1) is 62.6 Å². The summed E-state index contributed by atoms with van der Waals surface area (Å²) >= 11 is 0. The van der Waals surface area contributed by atoms with E-state index in [2.05, 4.69) is 36.4 Å². The fourth-order valence-electron chi connectivity index (χ4n) is 6.17. The van der Waals surface area contributed by atoms with Crippen molar-refractivity contribution in [1.82, 2.24) is 0 Å². The van der Waals surface area contributed by atoms with Crippen molar-refractivity contribution in [3.63, 3.8) is 0 Å². The van der Waals surface area contributed by atoms with E-state index < -0.39 is 0 Å². The molecule has 3 aromatic carbocycles. The molecule has 0 aliphatic heterocycles. The van der Waals surface area contributed by atoms with Crippen LogP contribution in [0.15, 0.2) is 72.2 Å². The molecule has 0 fully saturated rings. The average Bonchev–Trinajstić information content (AvgIpc) is 3.47. The van der Waals surface area contributed by atoms with E-state index in [1.165, 1.54) is 0 Å². The molecule has 2 unspecified atom stereocenters. The Kier molecular flexibility index (Phi) is 9.31. The van der Waals surface area contributed by atoms with Crippen LogP contribution in [0.2, 0.25) is 0 Å². The summed E-state index contributed by atoms with van der Waals surface area (Å²) in [6.07, 6.45) is 0. The molecule has 42 heavy (non-hydrogen) atoms. The highest BCUT2D eigenvalue weighted by molar-refractivity contribution is 5.80. The van der Waals surface area contributed by atoms with Gasteiger partial charge in [0, 0.05) is 0 Å². The Hall–Kier alpha value is -4.06. The fourth-order valence-corrected chi connectivity index (χ4v) is 6.17. The molecule has 0 saturated heterocycles. The van der Waals surface area contributed by atoms with Crippen molar-refractivity contribution >= 4 is 11.5 Å². The molecule has 0 N–H and O–H groups in total. The lowest BCUT2D eigenvalue weighted by Gasteiger charge is -2.21. The molecular weight excluding hydrogens is 528 g/mol. The lowest BCUT2D eigenvalue weighted by Crippen LogP contribution is -2.09. The lowest BCUT2D eigenvalue weighted by atomic mass is 9.86. The first kappa shape index (κ1) is 29.4. The van der Waals surface area contributed by atoms with Crippen molar-refractivity contribution in [3.8, 4) is 11.5 Å². The van der Waals surface area contributed by atoms with Crippen molar-refractivity contribution in [2.24, 2.45) is 0 Å². The van der Waals surface area contributed by atoms with Crippen LogP contribution in [0.3, 0.4) is 0 Å². The summed E-state index contributed by atoms with van der Waals surface area (Å²) in [5.74, 6) is 4.51. The van der Waals surface area contributed by atoms with Crippen molar-refractivity contribution in [2.75, 3.05) is 39.6 Å². The third-order valence-electron chi connectivity index (χ3n) is 7.52. The monoisotopic (exact) mass is 570 g/mol. The predicted molar refractivity (Wildman–Crippen MR) is 166 cm³/mol. The zero-order valence-electron chi connectivity index (χ0n) is 25.6.